The van der Waals surface area contributed by atoms with Gasteiger partial charge in [-0.05, 0) is 57.6 Å². The van der Waals surface area contributed by atoms with E-state index >= 15 is 0 Å². The Labute approximate surface area is 239 Å². The lowest BCUT2D eigenvalue weighted by molar-refractivity contribution is 0.660. The molecule has 5 aromatic carbocycles. The third-order valence-electron chi connectivity index (χ3n) is 7.96. The van der Waals surface area contributed by atoms with Crippen molar-refractivity contribution < 1.29 is 0 Å². The normalized spacial score (nSPS) is 12.8. The predicted octanol–water partition coefficient (Wildman–Crippen LogP) is 8.72. The zero-order valence-corrected chi connectivity index (χ0v) is 22.8. The van der Waals surface area contributed by atoms with E-state index in [0.717, 1.165) is 33.4 Å². The van der Waals surface area contributed by atoms with Crippen LogP contribution in [0.2, 0.25) is 0 Å². The summed E-state index contributed by atoms with van der Waals surface area (Å²) in [6, 6.07) is 43.4. The number of aromatic nitrogens is 3. The first-order valence-electron chi connectivity index (χ1n) is 13.7. The number of hydrogen-bond donors (Lipinski definition) is 0. The molecule has 0 amide bonds. The summed E-state index contributed by atoms with van der Waals surface area (Å²) in [5.41, 5.74) is 10.4. The second-order valence-electron chi connectivity index (χ2n) is 10.9. The second kappa shape index (κ2) is 9.66. The molecular weight excluding hydrogens is 500 g/mol. The van der Waals surface area contributed by atoms with Crippen LogP contribution >= 0.6 is 0 Å². The van der Waals surface area contributed by atoms with Crippen molar-refractivity contribution in [2.75, 3.05) is 0 Å². The molecule has 7 rings (SSSR count). The Balaban J connectivity index is 1.33. The van der Waals surface area contributed by atoms with Crippen LogP contribution in [0.3, 0.4) is 0 Å². The van der Waals surface area contributed by atoms with Crippen molar-refractivity contribution in [3.8, 4) is 62.5 Å². The lowest BCUT2D eigenvalue weighted by atomic mass is 9.81. The van der Waals surface area contributed by atoms with Gasteiger partial charge in [-0.3, -0.25) is 0 Å². The molecule has 0 N–H and O–H groups in total. The molecule has 0 saturated heterocycles. The zero-order valence-electron chi connectivity index (χ0n) is 22.8. The average molecular weight is 527 g/mol. The Kier molecular flexibility index (Phi) is 5.80. The number of rotatable bonds is 4. The van der Waals surface area contributed by atoms with Gasteiger partial charge in [0.05, 0.1) is 11.6 Å². The highest BCUT2D eigenvalue weighted by molar-refractivity contribution is 5.85. The first-order chi connectivity index (χ1) is 20.0. The minimum atomic E-state index is -0.157. The molecule has 4 heteroatoms. The van der Waals surface area contributed by atoms with E-state index in [1.54, 1.807) is 0 Å². The summed E-state index contributed by atoms with van der Waals surface area (Å²) in [4.78, 5) is 14.6. The number of benzene rings is 5. The first kappa shape index (κ1) is 24.6. The molecule has 1 aliphatic rings. The largest absolute Gasteiger partial charge is 0.208 e. The van der Waals surface area contributed by atoms with Gasteiger partial charge in [0, 0.05) is 22.1 Å². The molecule has 0 radical (unpaired) electrons. The van der Waals surface area contributed by atoms with E-state index in [9.17, 15) is 5.26 Å². The smallest absolute Gasteiger partial charge is 0.164 e. The van der Waals surface area contributed by atoms with Crippen LogP contribution in [0.5, 0.6) is 0 Å². The van der Waals surface area contributed by atoms with Gasteiger partial charge in [0.1, 0.15) is 0 Å². The fraction of sp³-hybridized carbons (Fsp3) is 0.0811. The third kappa shape index (κ3) is 4.29. The molecular formula is C37H26N4. The molecule has 1 aromatic heterocycles. The highest BCUT2D eigenvalue weighted by Crippen LogP contribution is 2.50. The summed E-state index contributed by atoms with van der Waals surface area (Å²) in [7, 11) is 0. The van der Waals surface area contributed by atoms with Gasteiger partial charge in [-0.15, -0.1) is 0 Å². The molecule has 0 spiro atoms. The van der Waals surface area contributed by atoms with Crippen LogP contribution in [0.15, 0.2) is 121 Å². The molecule has 0 saturated carbocycles. The molecule has 0 unspecified atom stereocenters. The van der Waals surface area contributed by atoms with Gasteiger partial charge in [-0.2, -0.15) is 5.26 Å². The van der Waals surface area contributed by atoms with Gasteiger partial charge in [0.2, 0.25) is 0 Å². The van der Waals surface area contributed by atoms with Crippen molar-refractivity contribution in [2.24, 2.45) is 0 Å². The molecule has 6 aromatic rings. The summed E-state index contributed by atoms with van der Waals surface area (Å²) in [5, 5.41) is 9.46. The fourth-order valence-corrected chi connectivity index (χ4v) is 5.78. The molecule has 194 valence electrons. The van der Waals surface area contributed by atoms with E-state index in [0.29, 0.717) is 23.0 Å². The van der Waals surface area contributed by atoms with Gasteiger partial charge in [0.25, 0.3) is 0 Å². The van der Waals surface area contributed by atoms with E-state index in [1.807, 2.05) is 72.8 Å². The van der Waals surface area contributed by atoms with Crippen molar-refractivity contribution in [1.29, 1.82) is 5.26 Å². The first-order valence-corrected chi connectivity index (χ1v) is 13.7. The number of nitriles is 1. The maximum atomic E-state index is 9.46. The SMILES string of the molecule is CC1(C)c2ccc(C#N)cc2-c2ccc(-c3cccc(-c4nc(-c5ccccc5)nc(-c5ccccc5)n4)c3)cc21. The number of fused-ring (bicyclic) bond motifs is 3. The Morgan fingerprint density at radius 2 is 1.05 bits per heavy atom. The van der Waals surface area contributed by atoms with Gasteiger partial charge < -0.3 is 0 Å². The van der Waals surface area contributed by atoms with Crippen LogP contribution in [0.4, 0.5) is 0 Å². The van der Waals surface area contributed by atoms with Crippen LogP contribution in [0.25, 0.3) is 56.4 Å². The molecule has 41 heavy (non-hydrogen) atoms. The van der Waals surface area contributed by atoms with Crippen LogP contribution < -0.4 is 0 Å². The Morgan fingerprint density at radius 3 is 1.68 bits per heavy atom. The molecule has 0 fully saturated rings. The average Bonchev–Trinajstić information content (AvgIpc) is 3.27. The molecule has 0 aliphatic heterocycles. The molecule has 4 nitrogen and oxygen atoms in total. The summed E-state index contributed by atoms with van der Waals surface area (Å²) in [6.45, 7) is 4.51. The molecule has 1 heterocycles. The van der Waals surface area contributed by atoms with Gasteiger partial charge in [-0.25, -0.2) is 15.0 Å². The van der Waals surface area contributed by atoms with Crippen molar-refractivity contribution >= 4 is 0 Å². The number of hydrogen-bond acceptors (Lipinski definition) is 4. The predicted molar refractivity (Wildman–Crippen MR) is 164 cm³/mol. The lowest BCUT2D eigenvalue weighted by Gasteiger charge is -2.22. The topological polar surface area (TPSA) is 62.5 Å². The Bertz CT molecular complexity index is 1910. The number of nitrogens with zero attached hydrogens (tertiary/aromatic N) is 4. The monoisotopic (exact) mass is 526 g/mol. The van der Waals surface area contributed by atoms with Crippen LogP contribution in [0, 0.1) is 11.3 Å². The molecule has 0 bridgehead atoms. The Hall–Kier alpha value is -5.40. The van der Waals surface area contributed by atoms with Crippen molar-refractivity contribution in [3.63, 3.8) is 0 Å². The van der Waals surface area contributed by atoms with E-state index in [4.69, 9.17) is 15.0 Å². The minimum absolute atomic E-state index is 0.157. The third-order valence-corrected chi connectivity index (χ3v) is 7.96. The highest BCUT2D eigenvalue weighted by Gasteiger charge is 2.35. The van der Waals surface area contributed by atoms with Crippen LogP contribution in [0.1, 0.15) is 30.5 Å². The van der Waals surface area contributed by atoms with Crippen molar-refractivity contribution in [2.45, 2.75) is 19.3 Å². The summed E-state index contributed by atoms with van der Waals surface area (Å²) >= 11 is 0. The minimum Gasteiger partial charge on any atom is -0.208 e. The molecule has 0 atom stereocenters. The maximum Gasteiger partial charge on any atom is 0.164 e. The van der Waals surface area contributed by atoms with Gasteiger partial charge in [0.15, 0.2) is 17.5 Å². The maximum absolute atomic E-state index is 9.46. The summed E-state index contributed by atoms with van der Waals surface area (Å²) in [5.74, 6) is 1.93. The lowest BCUT2D eigenvalue weighted by Crippen LogP contribution is -2.15. The van der Waals surface area contributed by atoms with E-state index in [2.05, 4.69) is 68.4 Å². The van der Waals surface area contributed by atoms with Crippen molar-refractivity contribution in [3.05, 3.63) is 138 Å². The van der Waals surface area contributed by atoms with E-state index < -0.39 is 0 Å². The fourth-order valence-electron chi connectivity index (χ4n) is 5.78. The standard InChI is InChI=1S/C37H26N4/c1-37(2)32-19-16-24(23-38)20-31(32)30-18-17-28(22-33(30)37)27-14-9-15-29(21-27)36-40-34(25-10-5-3-6-11-25)39-35(41-36)26-12-7-4-8-13-26/h3-22H,1-2H3. The van der Waals surface area contributed by atoms with Crippen LogP contribution in [-0.4, -0.2) is 15.0 Å². The summed E-state index contributed by atoms with van der Waals surface area (Å²) < 4.78 is 0. The van der Waals surface area contributed by atoms with Crippen LogP contribution in [-0.2, 0) is 5.41 Å². The second-order valence-corrected chi connectivity index (χ2v) is 10.9. The van der Waals surface area contributed by atoms with Gasteiger partial charge in [-0.1, -0.05) is 111 Å². The van der Waals surface area contributed by atoms with E-state index in [-0.39, 0.29) is 5.41 Å². The Morgan fingerprint density at radius 1 is 0.488 bits per heavy atom. The summed E-state index contributed by atoms with van der Waals surface area (Å²) in [6.07, 6.45) is 0. The van der Waals surface area contributed by atoms with Gasteiger partial charge >= 0.3 is 0 Å². The van der Waals surface area contributed by atoms with Crippen molar-refractivity contribution in [1.82, 2.24) is 15.0 Å². The quantitative estimate of drug-likeness (QED) is 0.230. The molecule has 1 aliphatic carbocycles. The van der Waals surface area contributed by atoms with E-state index in [1.165, 1.54) is 16.7 Å². The zero-order chi connectivity index (χ0) is 28.0. The highest BCUT2D eigenvalue weighted by atomic mass is 15.0.